The average molecular weight is 307 g/mol. The Morgan fingerprint density at radius 3 is 2.43 bits per heavy atom. The SMILES string of the molecule is CC(=O)CC12CN(S(=O)(=O)c3ccc(C)cc3)CC1(C)C2. The van der Waals surface area contributed by atoms with E-state index >= 15 is 0 Å². The van der Waals surface area contributed by atoms with Gasteiger partial charge in [0, 0.05) is 19.5 Å². The third-order valence-electron chi connectivity index (χ3n) is 5.13. The molecule has 3 rings (SSSR count). The van der Waals surface area contributed by atoms with E-state index in [1.165, 1.54) is 0 Å². The van der Waals surface area contributed by atoms with Gasteiger partial charge < -0.3 is 4.79 Å². The fraction of sp³-hybridized carbons (Fsp3) is 0.562. The molecule has 1 saturated carbocycles. The standard InChI is InChI=1S/C16H21NO3S/c1-12-4-6-14(7-5-12)21(19,20)17-10-15(3)9-16(15,11-17)8-13(2)18/h4-7H,8-11H2,1-3H3. The third-order valence-corrected chi connectivity index (χ3v) is 6.94. The van der Waals surface area contributed by atoms with Crippen LogP contribution < -0.4 is 0 Å². The summed E-state index contributed by atoms with van der Waals surface area (Å²) in [4.78, 5) is 11.8. The zero-order chi connectivity index (χ0) is 15.5. The van der Waals surface area contributed by atoms with Gasteiger partial charge in [-0.15, -0.1) is 0 Å². The smallest absolute Gasteiger partial charge is 0.243 e. The molecule has 1 saturated heterocycles. The van der Waals surface area contributed by atoms with Gasteiger partial charge in [-0.25, -0.2) is 8.42 Å². The van der Waals surface area contributed by atoms with Gasteiger partial charge in [-0.2, -0.15) is 4.31 Å². The number of rotatable bonds is 4. The van der Waals surface area contributed by atoms with Crippen molar-refractivity contribution in [2.24, 2.45) is 10.8 Å². The number of carbonyl (C=O) groups excluding carboxylic acids is 1. The van der Waals surface area contributed by atoms with Crippen molar-refractivity contribution in [1.82, 2.24) is 4.31 Å². The number of nitrogens with zero attached hydrogens (tertiary/aromatic N) is 1. The fourth-order valence-electron chi connectivity index (χ4n) is 3.79. The van der Waals surface area contributed by atoms with Gasteiger partial charge >= 0.3 is 0 Å². The molecule has 5 heteroatoms. The topological polar surface area (TPSA) is 54.5 Å². The first-order chi connectivity index (χ1) is 9.68. The van der Waals surface area contributed by atoms with Crippen molar-refractivity contribution in [1.29, 1.82) is 0 Å². The molecule has 2 unspecified atom stereocenters. The first kappa shape index (κ1) is 14.7. The number of Topliss-reactive ketones (excluding diaryl/α,β-unsaturated/α-hetero) is 1. The Morgan fingerprint density at radius 2 is 1.86 bits per heavy atom. The molecule has 1 aromatic rings. The average Bonchev–Trinajstić information content (AvgIpc) is 2.80. The maximum Gasteiger partial charge on any atom is 0.243 e. The highest BCUT2D eigenvalue weighted by atomic mass is 32.2. The van der Waals surface area contributed by atoms with E-state index in [-0.39, 0.29) is 16.6 Å². The minimum atomic E-state index is -3.45. The Labute approximate surface area is 126 Å². The predicted octanol–water partition coefficient (Wildman–Crippen LogP) is 2.37. The highest BCUT2D eigenvalue weighted by Gasteiger charge is 2.70. The predicted molar refractivity (Wildman–Crippen MR) is 80.4 cm³/mol. The van der Waals surface area contributed by atoms with E-state index in [0.717, 1.165) is 12.0 Å². The van der Waals surface area contributed by atoms with Crippen molar-refractivity contribution in [2.45, 2.75) is 38.5 Å². The molecule has 1 aromatic carbocycles. The van der Waals surface area contributed by atoms with Crippen molar-refractivity contribution < 1.29 is 13.2 Å². The molecule has 0 bridgehead atoms. The molecule has 2 atom stereocenters. The highest BCUT2D eigenvalue weighted by Crippen LogP contribution is 2.70. The van der Waals surface area contributed by atoms with E-state index in [4.69, 9.17) is 0 Å². The lowest BCUT2D eigenvalue weighted by molar-refractivity contribution is -0.118. The molecule has 1 aliphatic heterocycles. The summed E-state index contributed by atoms with van der Waals surface area (Å²) in [6.07, 6.45) is 1.45. The molecule has 114 valence electrons. The molecule has 21 heavy (non-hydrogen) atoms. The molecular formula is C16H21NO3S. The van der Waals surface area contributed by atoms with E-state index in [9.17, 15) is 13.2 Å². The summed E-state index contributed by atoms with van der Waals surface area (Å²) in [6, 6.07) is 6.96. The maximum atomic E-state index is 12.7. The second-order valence-corrected chi connectivity index (χ2v) is 8.92. The van der Waals surface area contributed by atoms with Gasteiger partial charge in [-0.3, -0.25) is 0 Å². The zero-order valence-electron chi connectivity index (χ0n) is 12.7. The summed E-state index contributed by atoms with van der Waals surface area (Å²) in [5.41, 5.74) is 0.880. The number of ketones is 1. The molecule has 2 aliphatic rings. The van der Waals surface area contributed by atoms with Crippen LogP contribution in [0.5, 0.6) is 0 Å². The number of piperidine rings is 1. The number of benzene rings is 1. The Bertz CT molecular complexity index is 695. The van der Waals surface area contributed by atoms with Gasteiger partial charge in [-0.05, 0) is 43.2 Å². The molecule has 2 fully saturated rings. The van der Waals surface area contributed by atoms with Gasteiger partial charge in [-0.1, -0.05) is 24.6 Å². The van der Waals surface area contributed by atoms with Gasteiger partial charge in [0.15, 0.2) is 0 Å². The minimum absolute atomic E-state index is 0.0313. The summed E-state index contributed by atoms with van der Waals surface area (Å²) in [5.74, 6) is 0.147. The monoisotopic (exact) mass is 307 g/mol. The molecule has 0 N–H and O–H groups in total. The summed E-state index contributed by atoms with van der Waals surface area (Å²) in [6.45, 7) is 6.62. The summed E-state index contributed by atoms with van der Waals surface area (Å²) < 4.78 is 27.0. The van der Waals surface area contributed by atoms with Crippen LogP contribution in [0.1, 0.15) is 32.3 Å². The van der Waals surface area contributed by atoms with Crippen LogP contribution in [0.3, 0.4) is 0 Å². The number of hydrogen-bond donors (Lipinski definition) is 0. The minimum Gasteiger partial charge on any atom is -0.300 e. The van der Waals surface area contributed by atoms with E-state index < -0.39 is 10.0 Å². The fourth-order valence-corrected chi connectivity index (χ4v) is 5.44. The Morgan fingerprint density at radius 1 is 1.24 bits per heavy atom. The molecule has 0 aromatic heterocycles. The second kappa shape index (κ2) is 4.40. The molecule has 1 heterocycles. The number of carbonyl (C=O) groups is 1. The third kappa shape index (κ3) is 2.23. The lowest BCUT2D eigenvalue weighted by atomic mass is 9.93. The lowest BCUT2D eigenvalue weighted by Gasteiger charge is -2.20. The second-order valence-electron chi connectivity index (χ2n) is 6.98. The molecular weight excluding hydrogens is 286 g/mol. The molecule has 1 aliphatic carbocycles. The van der Waals surface area contributed by atoms with Crippen LogP contribution in [0.25, 0.3) is 0 Å². The summed E-state index contributed by atoms with van der Waals surface area (Å²) in [5, 5.41) is 0. The molecule has 0 spiro atoms. The van der Waals surface area contributed by atoms with E-state index in [2.05, 4.69) is 6.92 Å². The molecule has 0 amide bonds. The quantitative estimate of drug-likeness (QED) is 0.858. The van der Waals surface area contributed by atoms with Crippen LogP contribution in [-0.4, -0.2) is 31.6 Å². The summed E-state index contributed by atoms with van der Waals surface area (Å²) in [7, 11) is -3.45. The number of fused-ring (bicyclic) bond motifs is 1. The van der Waals surface area contributed by atoms with Crippen LogP contribution in [0.15, 0.2) is 29.2 Å². The van der Waals surface area contributed by atoms with Gasteiger partial charge in [0.2, 0.25) is 10.0 Å². The molecule has 0 radical (unpaired) electrons. The first-order valence-corrected chi connectivity index (χ1v) is 8.69. The van der Waals surface area contributed by atoms with Crippen LogP contribution in [0.4, 0.5) is 0 Å². The van der Waals surface area contributed by atoms with Gasteiger partial charge in [0.25, 0.3) is 0 Å². The number of aryl methyl sites for hydroxylation is 1. The molecule has 4 nitrogen and oxygen atoms in total. The van der Waals surface area contributed by atoms with Crippen molar-refractivity contribution in [3.63, 3.8) is 0 Å². The van der Waals surface area contributed by atoms with Gasteiger partial charge in [0.1, 0.15) is 5.78 Å². The van der Waals surface area contributed by atoms with Gasteiger partial charge in [0.05, 0.1) is 4.90 Å². The van der Waals surface area contributed by atoms with Crippen molar-refractivity contribution >= 4 is 15.8 Å². The van der Waals surface area contributed by atoms with Crippen LogP contribution in [0.2, 0.25) is 0 Å². The zero-order valence-corrected chi connectivity index (χ0v) is 13.5. The van der Waals surface area contributed by atoms with Crippen LogP contribution in [0, 0.1) is 17.8 Å². The van der Waals surface area contributed by atoms with Crippen molar-refractivity contribution in [3.8, 4) is 0 Å². The highest BCUT2D eigenvalue weighted by molar-refractivity contribution is 7.89. The Hall–Kier alpha value is -1.20. The van der Waals surface area contributed by atoms with Crippen molar-refractivity contribution in [2.75, 3.05) is 13.1 Å². The van der Waals surface area contributed by atoms with E-state index in [1.807, 2.05) is 19.1 Å². The van der Waals surface area contributed by atoms with E-state index in [0.29, 0.717) is 24.4 Å². The number of hydrogen-bond acceptors (Lipinski definition) is 3. The van der Waals surface area contributed by atoms with E-state index in [1.54, 1.807) is 23.4 Å². The normalized spacial score (nSPS) is 32.0. The first-order valence-electron chi connectivity index (χ1n) is 7.25. The largest absolute Gasteiger partial charge is 0.300 e. The lowest BCUT2D eigenvalue weighted by Crippen LogP contribution is -2.32. The Balaban J connectivity index is 1.86. The van der Waals surface area contributed by atoms with Crippen molar-refractivity contribution in [3.05, 3.63) is 29.8 Å². The summed E-state index contributed by atoms with van der Waals surface area (Å²) >= 11 is 0. The maximum absolute atomic E-state index is 12.7. The Kier molecular flexibility index (Phi) is 3.08. The van der Waals surface area contributed by atoms with Crippen LogP contribution in [-0.2, 0) is 14.8 Å². The number of sulfonamides is 1. The van der Waals surface area contributed by atoms with Crippen LogP contribution >= 0.6 is 0 Å².